The summed E-state index contributed by atoms with van der Waals surface area (Å²) in [5.74, 6) is 2.65. The number of benzene rings is 2. The molecular formula is C27H29NO3. The summed E-state index contributed by atoms with van der Waals surface area (Å²) in [5.41, 5.74) is 4.26. The van der Waals surface area contributed by atoms with Crippen molar-refractivity contribution in [3.05, 3.63) is 47.5 Å². The molecule has 4 heteroatoms. The highest BCUT2D eigenvalue weighted by Crippen LogP contribution is 2.62. The van der Waals surface area contributed by atoms with Crippen LogP contribution in [-0.2, 0) is 14.9 Å². The summed E-state index contributed by atoms with van der Waals surface area (Å²) in [6.07, 6.45) is 11.2. The predicted molar refractivity (Wildman–Crippen MR) is 123 cm³/mol. The second-order valence-electron chi connectivity index (χ2n) is 10.1. The molecule has 4 aliphatic rings. The van der Waals surface area contributed by atoms with Gasteiger partial charge in [-0.3, -0.25) is 0 Å². The van der Waals surface area contributed by atoms with Gasteiger partial charge in [0.25, 0.3) is 0 Å². The van der Waals surface area contributed by atoms with Crippen molar-refractivity contribution in [3.63, 3.8) is 0 Å². The van der Waals surface area contributed by atoms with E-state index in [2.05, 4.69) is 17.1 Å². The van der Waals surface area contributed by atoms with Gasteiger partial charge in [0, 0.05) is 34.0 Å². The Bertz CT molecular complexity index is 1180. The molecule has 0 spiro atoms. The Morgan fingerprint density at radius 1 is 1.06 bits per heavy atom. The molecule has 2 aromatic carbocycles. The number of esters is 1. The number of fused-ring (bicyclic) bond motifs is 3. The Morgan fingerprint density at radius 2 is 1.74 bits per heavy atom. The van der Waals surface area contributed by atoms with Crippen molar-refractivity contribution in [3.8, 4) is 5.75 Å². The third kappa shape index (κ3) is 3.07. The lowest BCUT2D eigenvalue weighted by Crippen LogP contribution is -2.48. The average Bonchev–Trinajstić information content (AvgIpc) is 3.07. The van der Waals surface area contributed by atoms with Gasteiger partial charge in [0.1, 0.15) is 5.75 Å². The fourth-order valence-corrected chi connectivity index (χ4v) is 7.28. The Labute approximate surface area is 182 Å². The van der Waals surface area contributed by atoms with E-state index in [0.29, 0.717) is 12.4 Å². The quantitative estimate of drug-likeness (QED) is 0.401. The molecular weight excluding hydrogens is 386 g/mol. The van der Waals surface area contributed by atoms with Crippen LogP contribution < -0.4 is 0 Å². The van der Waals surface area contributed by atoms with E-state index in [1.807, 2.05) is 18.2 Å². The predicted octanol–water partition coefficient (Wildman–Crippen LogP) is 6.07. The van der Waals surface area contributed by atoms with E-state index < -0.39 is 0 Å². The minimum atomic E-state index is -0.329. The first-order valence-electron chi connectivity index (χ1n) is 11.7. The SMILES string of the molecule is CCOC(=O)/C=C/c1ccc2c(c1)[nH]c1cc(O)c(C34CC5CC(CC(C5)C3)C4)cc12. The lowest BCUT2D eigenvalue weighted by molar-refractivity contribution is -0.137. The van der Waals surface area contributed by atoms with Crippen molar-refractivity contribution >= 4 is 33.9 Å². The van der Waals surface area contributed by atoms with Gasteiger partial charge in [-0.25, -0.2) is 4.79 Å². The fourth-order valence-electron chi connectivity index (χ4n) is 7.28. The molecule has 4 fully saturated rings. The fraction of sp³-hybridized carbons (Fsp3) is 0.444. The van der Waals surface area contributed by atoms with Crippen molar-refractivity contribution in [2.75, 3.05) is 6.61 Å². The van der Waals surface area contributed by atoms with Gasteiger partial charge in [-0.15, -0.1) is 0 Å². The number of aromatic amines is 1. The smallest absolute Gasteiger partial charge is 0.330 e. The summed E-state index contributed by atoms with van der Waals surface area (Å²) in [5, 5.41) is 13.4. The number of aromatic nitrogens is 1. The van der Waals surface area contributed by atoms with Crippen molar-refractivity contribution < 1.29 is 14.6 Å². The molecule has 4 saturated carbocycles. The van der Waals surface area contributed by atoms with Crippen molar-refractivity contribution in [1.82, 2.24) is 4.98 Å². The number of nitrogens with one attached hydrogen (secondary N) is 1. The van der Waals surface area contributed by atoms with E-state index in [1.165, 1.54) is 55.6 Å². The van der Waals surface area contributed by atoms with Gasteiger partial charge in [0.05, 0.1) is 12.1 Å². The van der Waals surface area contributed by atoms with E-state index in [0.717, 1.165) is 39.7 Å². The monoisotopic (exact) mass is 415 g/mol. The average molecular weight is 416 g/mol. The second-order valence-corrected chi connectivity index (χ2v) is 10.1. The number of phenolic OH excluding ortho intramolecular Hbond substituents is 1. The maximum Gasteiger partial charge on any atom is 0.330 e. The minimum Gasteiger partial charge on any atom is -0.508 e. The Hall–Kier alpha value is -2.75. The Kier molecular flexibility index (Phi) is 4.21. The van der Waals surface area contributed by atoms with Crippen LogP contribution in [0.2, 0.25) is 0 Å². The molecule has 31 heavy (non-hydrogen) atoms. The first-order chi connectivity index (χ1) is 15.0. The van der Waals surface area contributed by atoms with Crippen LogP contribution in [-0.4, -0.2) is 22.7 Å². The van der Waals surface area contributed by atoms with E-state index in [9.17, 15) is 9.90 Å². The van der Waals surface area contributed by atoms with Crippen LogP contribution in [0.15, 0.2) is 36.4 Å². The topological polar surface area (TPSA) is 62.3 Å². The summed E-state index contributed by atoms with van der Waals surface area (Å²) in [4.78, 5) is 15.1. The number of rotatable bonds is 4. The van der Waals surface area contributed by atoms with Crippen LogP contribution in [0.4, 0.5) is 0 Å². The highest BCUT2D eigenvalue weighted by atomic mass is 16.5. The molecule has 7 rings (SSSR count). The Balaban J connectivity index is 1.41. The third-order valence-electron chi connectivity index (χ3n) is 8.05. The molecule has 160 valence electrons. The molecule has 1 heterocycles. The zero-order chi connectivity index (χ0) is 21.2. The molecule has 0 unspecified atom stereocenters. The van der Waals surface area contributed by atoms with Crippen molar-refractivity contribution in [2.45, 2.75) is 50.9 Å². The van der Waals surface area contributed by atoms with E-state index in [4.69, 9.17) is 4.74 Å². The zero-order valence-electron chi connectivity index (χ0n) is 18.0. The van der Waals surface area contributed by atoms with E-state index >= 15 is 0 Å². The summed E-state index contributed by atoms with van der Waals surface area (Å²) in [6.45, 7) is 2.18. The Morgan fingerprint density at radius 3 is 2.42 bits per heavy atom. The highest BCUT2D eigenvalue weighted by molar-refractivity contribution is 6.08. The number of carbonyl (C=O) groups excluding carboxylic acids is 1. The molecule has 0 saturated heterocycles. The van der Waals surface area contributed by atoms with Crippen molar-refractivity contribution in [1.29, 1.82) is 0 Å². The van der Waals surface area contributed by atoms with Crippen LogP contribution in [0.5, 0.6) is 5.75 Å². The molecule has 4 aliphatic carbocycles. The van der Waals surface area contributed by atoms with Gasteiger partial charge in [0.15, 0.2) is 0 Å². The molecule has 0 radical (unpaired) electrons. The van der Waals surface area contributed by atoms with Gasteiger partial charge in [-0.2, -0.15) is 0 Å². The van der Waals surface area contributed by atoms with Gasteiger partial charge in [-0.05, 0) is 92.4 Å². The lowest BCUT2D eigenvalue weighted by Gasteiger charge is -2.57. The number of ether oxygens (including phenoxy) is 1. The summed E-state index contributed by atoms with van der Waals surface area (Å²) in [7, 11) is 0. The van der Waals surface area contributed by atoms with E-state index in [-0.39, 0.29) is 11.4 Å². The van der Waals surface area contributed by atoms with Crippen LogP contribution >= 0.6 is 0 Å². The van der Waals surface area contributed by atoms with Crippen LogP contribution in [0.1, 0.15) is 56.6 Å². The largest absolute Gasteiger partial charge is 0.508 e. The number of hydrogen-bond acceptors (Lipinski definition) is 3. The third-order valence-corrected chi connectivity index (χ3v) is 8.05. The molecule has 0 amide bonds. The van der Waals surface area contributed by atoms with Crippen LogP contribution in [0.3, 0.4) is 0 Å². The molecule has 2 N–H and O–H groups in total. The molecule has 1 aromatic heterocycles. The molecule has 3 aromatic rings. The zero-order valence-corrected chi connectivity index (χ0v) is 18.0. The number of hydrogen-bond donors (Lipinski definition) is 2. The normalized spacial score (nSPS) is 29.4. The molecule has 4 bridgehead atoms. The minimum absolute atomic E-state index is 0.166. The standard InChI is InChI=1S/C27H29NO3/c1-2-31-26(30)6-4-16-3-5-20-21-11-22(25(29)12-24(21)28-23(20)10-16)27-13-17-7-18(14-27)9-19(8-17)15-27/h3-6,10-12,17-19,28-29H,2,7-9,13-15H2,1H3/b6-4+. The van der Waals surface area contributed by atoms with Crippen LogP contribution in [0, 0.1) is 17.8 Å². The second kappa shape index (κ2) is 6.88. The summed E-state index contributed by atoms with van der Waals surface area (Å²) >= 11 is 0. The summed E-state index contributed by atoms with van der Waals surface area (Å²) < 4.78 is 4.96. The number of H-pyrrole nitrogens is 1. The molecule has 4 nitrogen and oxygen atoms in total. The maximum absolute atomic E-state index is 11.6. The molecule has 0 aliphatic heterocycles. The number of carbonyl (C=O) groups is 1. The van der Waals surface area contributed by atoms with Gasteiger partial charge >= 0.3 is 5.97 Å². The van der Waals surface area contributed by atoms with E-state index in [1.54, 1.807) is 13.0 Å². The summed E-state index contributed by atoms with van der Waals surface area (Å²) in [6, 6.07) is 10.4. The number of aromatic hydroxyl groups is 1. The van der Waals surface area contributed by atoms with Gasteiger partial charge < -0.3 is 14.8 Å². The van der Waals surface area contributed by atoms with Crippen molar-refractivity contribution in [2.24, 2.45) is 17.8 Å². The number of phenols is 1. The van der Waals surface area contributed by atoms with Crippen LogP contribution in [0.25, 0.3) is 27.9 Å². The first-order valence-corrected chi connectivity index (χ1v) is 11.7. The highest BCUT2D eigenvalue weighted by Gasteiger charge is 2.52. The van der Waals surface area contributed by atoms with Gasteiger partial charge in [0.2, 0.25) is 0 Å². The first kappa shape index (κ1) is 19.0. The molecule has 0 atom stereocenters. The van der Waals surface area contributed by atoms with Gasteiger partial charge in [-0.1, -0.05) is 12.1 Å². The maximum atomic E-state index is 11.6. The lowest BCUT2D eigenvalue weighted by atomic mass is 9.48.